The molecule has 1 amide bonds. The Morgan fingerprint density at radius 3 is 2.44 bits per heavy atom. The number of hydrogen-bond donors (Lipinski definition) is 3. The molecule has 5 heteroatoms. The van der Waals surface area contributed by atoms with Gasteiger partial charge in [0.05, 0.1) is 5.69 Å². The third-order valence-electron chi connectivity index (χ3n) is 2.20. The zero-order chi connectivity index (χ0) is 12.1. The maximum atomic E-state index is 11.5. The first-order valence-corrected chi connectivity index (χ1v) is 5.01. The summed E-state index contributed by atoms with van der Waals surface area (Å²) in [6.07, 6.45) is -1.49. The number of amides is 1. The summed E-state index contributed by atoms with van der Waals surface area (Å²) in [7, 11) is 0. The van der Waals surface area contributed by atoms with Crippen molar-refractivity contribution in [2.24, 2.45) is 5.84 Å². The van der Waals surface area contributed by atoms with E-state index in [1.54, 1.807) is 12.1 Å². The Morgan fingerprint density at radius 1 is 1.38 bits per heavy atom. The maximum Gasteiger partial charge on any atom is 0.241 e. The first-order chi connectivity index (χ1) is 7.50. The van der Waals surface area contributed by atoms with E-state index in [1.807, 2.05) is 19.1 Å². The zero-order valence-corrected chi connectivity index (χ0v) is 9.13. The van der Waals surface area contributed by atoms with Gasteiger partial charge in [-0.05, 0) is 19.1 Å². The molecular weight excluding hydrogens is 208 g/mol. The van der Waals surface area contributed by atoms with Crippen LogP contribution in [0, 0.1) is 6.92 Å². The van der Waals surface area contributed by atoms with Gasteiger partial charge < -0.3 is 10.2 Å². The molecule has 5 nitrogen and oxygen atoms in total. The average molecular weight is 224 g/mol. The Morgan fingerprint density at radius 2 is 1.94 bits per heavy atom. The topological polar surface area (TPSA) is 86.8 Å². The van der Waals surface area contributed by atoms with E-state index in [-0.39, 0.29) is 18.7 Å². The summed E-state index contributed by atoms with van der Waals surface area (Å²) in [5.41, 5.74) is 1.67. The summed E-state index contributed by atoms with van der Waals surface area (Å²) in [5, 5.41) is 18.3. The van der Waals surface area contributed by atoms with Crippen LogP contribution in [0.2, 0.25) is 0 Å². The van der Waals surface area contributed by atoms with Crippen LogP contribution in [0.3, 0.4) is 0 Å². The molecule has 0 aliphatic rings. The van der Waals surface area contributed by atoms with E-state index in [4.69, 9.17) is 16.1 Å². The molecule has 1 aromatic carbocycles. The smallest absolute Gasteiger partial charge is 0.241 e. The Labute approximate surface area is 94.1 Å². The second-order valence-corrected chi connectivity index (χ2v) is 3.62. The maximum absolute atomic E-state index is 11.5. The minimum Gasteiger partial charge on any atom is -0.368 e. The summed E-state index contributed by atoms with van der Waals surface area (Å²) in [4.78, 5) is 11.5. The van der Waals surface area contributed by atoms with Crippen LogP contribution in [0.5, 0.6) is 0 Å². The largest absolute Gasteiger partial charge is 0.368 e. The molecule has 0 heterocycles. The highest BCUT2D eigenvalue weighted by Crippen LogP contribution is 2.13. The van der Waals surface area contributed by atoms with Gasteiger partial charge in [-0.3, -0.25) is 4.79 Å². The quantitative estimate of drug-likeness (QED) is 0.297. The third kappa shape index (κ3) is 3.62. The van der Waals surface area contributed by atoms with Crippen LogP contribution < -0.4 is 10.9 Å². The van der Waals surface area contributed by atoms with Crippen molar-refractivity contribution in [1.82, 2.24) is 0 Å². The lowest BCUT2D eigenvalue weighted by Gasteiger charge is -2.17. The minimum atomic E-state index is -1.48. The number of hydrogen-bond acceptors (Lipinski definition) is 4. The van der Waals surface area contributed by atoms with E-state index >= 15 is 0 Å². The molecular formula is C11H16N2O3. The molecule has 0 unspecified atom stereocenters. The van der Waals surface area contributed by atoms with Crippen molar-refractivity contribution in [3.63, 3.8) is 0 Å². The van der Waals surface area contributed by atoms with Crippen molar-refractivity contribution < 1.29 is 15.0 Å². The summed E-state index contributed by atoms with van der Waals surface area (Å²) in [6, 6.07) is 7.18. The number of hydrazine groups is 1. The Kier molecular flexibility index (Phi) is 4.42. The van der Waals surface area contributed by atoms with E-state index in [9.17, 15) is 4.79 Å². The van der Waals surface area contributed by atoms with Crippen molar-refractivity contribution in [2.75, 3.05) is 5.01 Å². The van der Waals surface area contributed by atoms with E-state index in [0.29, 0.717) is 5.69 Å². The molecule has 1 rings (SSSR count). The number of rotatable bonds is 4. The Hall–Kier alpha value is -1.43. The minimum absolute atomic E-state index is 0.00203. The summed E-state index contributed by atoms with van der Waals surface area (Å²) < 4.78 is 0. The van der Waals surface area contributed by atoms with Crippen LogP contribution in [0.4, 0.5) is 5.69 Å². The van der Waals surface area contributed by atoms with Crippen LogP contribution in [-0.4, -0.2) is 22.4 Å². The van der Waals surface area contributed by atoms with E-state index in [0.717, 1.165) is 10.6 Å². The van der Waals surface area contributed by atoms with Gasteiger partial charge >= 0.3 is 0 Å². The fourth-order valence-electron chi connectivity index (χ4n) is 1.22. The monoisotopic (exact) mass is 224 g/mol. The molecule has 0 saturated carbocycles. The highest BCUT2D eigenvalue weighted by molar-refractivity contribution is 5.92. The van der Waals surface area contributed by atoms with Gasteiger partial charge in [-0.25, -0.2) is 10.9 Å². The molecule has 0 saturated heterocycles. The van der Waals surface area contributed by atoms with E-state index < -0.39 is 6.29 Å². The highest BCUT2D eigenvalue weighted by Gasteiger charge is 2.12. The third-order valence-corrected chi connectivity index (χ3v) is 2.20. The number of nitrogens with zero attached hydrogens (tertiary/aromatic N) is 1. The van der Waals surface area contributed by atoms with Crippen molar-refractivity contribution in [3.8, 4) is 0 Å². The van der Waals surface area contributed by atoms with Gasteiger partial charge in [0.1, 0.15) is 0 Å². The number of aryl methyl sites for hydroxylation is 1. The standard InChI is InChI=1S/C11H16N2O3/c1-8-2-4-9(5-3-8)13(12)10(14)6-7-11(15)16/h2-5,11,15-16H,6-7,12H2,1H3. The van der Waals surface area contributed by atoms with Gasteiger partial charge in [0.15, 0.2) is 6.29 Å². The van der Waals surface area contributed by atoms with Gasteiger partial charge in [0.2, 0.25) is 5.91 Å². The van der Waals surface area contributed by atoms with Crippen LogP contribution in [-0.2, 0) is 4.79 Å². The lowest BCUT2D eigenvalue weighted by Crippen LogP contribution is -2.37. The Balaban J connectivity index is 2.59. The van der Waals surface area contributed by atoms with Crippen LogP contribution in [0.25, 0.3) is 0 Å². The van der Waals surface area contributed by atoms with Crippen molar-refractivity contribution in [2.45, 2.75) is 26.1 Å². The van der Waals surface area contributed by atoms with Crippen LogP contribution >= 0.6 is 0 Å². The van der Waals surface area contributed by atoms with E-state index in [2.05, 4.69) is 0 Å². The number of carbonyl (C=O) groups is 1. The van der Waals surface area contributed by atoms with E-state index in [1.165, 1.54) is 0 Å². The predicted octanol–water partition coefficient (Wildman–Crippen LogP) is 0.293. The van der Waals surface area contributed by atoms with Gasteiger partial charge in [0, 0.05) is 12.8 Å². The van der Waals surface area contributed by atoms with Gasteiger partial charge in [-0.15, -0.1) is 0 Å². The van der Waals surface area contributed by atoms with Crippen LogP contribution in [0.1, 0.15) is 18.4 Å². The predicted molar refractivity (Wildman–Crippen MR) is 60.3 cm³/mol. The van der Waals surface area contributed by atoms with Gasteiger partial charge in [-0.1, -0.05) is 17.7 Å². The lowest BCUT2D eigenvalue weighted by atomic mass is 10.2. The number of aliphatic hydroxyl groups is 2. The second kappa shape index (κ2) is 5.60. The number of carbonyl (C=O) groups excluding carboxylic acids is 1. The fourth-order valence-corrected chi connectivity index (χ4v) is 1.22. The second-order valence-electron chi connectivity index (χ2n) is 3.62. The average Bonchev–Trinajstić information content (AvgIpc) is 2.26. The molecule has 16 heavy (non-hydrogen) atoms. The molecule has 0 radical (unpaired) electrons. The molecule has 0 bridgehead atoms. The number of anilines is 1. The SMILES string of the molecule is Cc1ccc(N(N)C(=O)CCC(O)O)cc1. The molecule has 0 atom stereocenters. The Bertz CT molecular complexity index is 349. The molecule has 0 spiro atoms. The lowest BCUT2D eigenvalue weighted by molar-refractivity contribution is -0.121. The number of aliphatic hydroxyl groups excluding tert-OH is 1. The molecule has 0 aliphatic carbocycles. The molecule has 4 N–H and O–H groups in total. The highest BCUT2D eigenvalue weighted by atomic mass is 16.5. The van der Waals surface area contributed by atoms with Gasteiger partial charge in [0.25, 0.3) is 0 Å². The first kappa shape index (κ1) is 12.6. The molecule has 88 valence electrons. The summed E-state index contributed by atoms with van der Waals surface area (Å²) in [6.45, 7) is 1.94. The summed E-state index contributed by atoms with van der Waals surface area (Å²) >= 11 is 0. The van der Waals surface area contributed by atoms with Crippen molar-refractivity contribution >= 4 is 11.6 Å². The number of nitrogens with two attached hydrogens (primary N) is 1. The van der Waals surface area contributed by atoms with Gasteiger partial charge in [-0.2, -0.15) is 0 Å². The summed E-state index contributed by atoms with van der Waals surface area (Å²) in [5.74, 6) is 5.25. The normalized spacial score (nSPS) is 10.6. The van der Waals surface area contributed by atoms with Crippen LogP contribution in [0.15, 0.2) is 24.3 Å². The molecule has 0 fully saturated rings. The number of benzene rings is 1. The molecule has 0 aliphatic heterocycles. The zero-order valence-electron chi connectivity index (χ0n) is 9.13. The van der Waals surface area contributed by atoms with Crippen molar-refractivity contribution in [1.29, 1.82) is 0 Å². The fraction of sp³-hybridized carbons (Fsp3) is 0.364. The molecule has 0 aromatic heterocycles. The molecule has 1 aromatic rings. The first-order valence-electron chi connectivity index (χ1n) is 5.01. The van der Waals surface area contributed by atoms with Crippen molar-refractivity contribution in [3.05, 3.63) is 29.8 Å².